The van der Waals surface area contributed by atoms with E-state index in [-0.39, 0.29) is 0 Å². The Labute approximate surface area is 101 Å². The fourth-order valence-corrected chi connectivity index (χ4v) is 2.54. The van der Waals surface area contributed by atoms with Crippen LogP contribution < -0.4 is 5.32 Å². The maximum atomic E-state index is 5.29. The van der Waals surface area contributed by atoms with Crippen molar-refractivity contribution in [2.45, 2.75) is 39.2 Å². The molecule has 0 aliphatic carbocycles. The van der Waals surface area contributed by atoms with Gasteiger partial charge in [0, 0.05) is 13.2 Å². The van der Waals surface area contributed by atoms with Gasteiger partial charge in [-0.15, -0.1) is 0 Å². The van der Waals surface area contributed by atoms with Crippen LogP contribution in [0.1, 0.15) is 33.1 Å². The molecule has 1 unspecified atom stereocenters. The van der Waals surface area contributed by atoms with E-state index in [1.165, 1.54) is 38.9 Å². The van der Waals surface area contributed by atoms with Crippen molar-refractivity contribution in [3.05, 3.63) is 0 Å². The summed E-state index contributed by atoms with van der Waals surface area (Å²) in [6.45, 7) is 10.1. The molecule has 1 atom stereocenters. The largest absolute Gasteiger partial charge is 0.383 e. The van der Waals surface area contributed by atoms with Crippen LogP contribution in [0, 0.1) is 5.92 Å². The number of hydrogen-bond acceptors (Lipinski definition) is 3. The van der Waals surface area contributed by atoms with Crippen molar-refractivity contribution in [2.24, 2.45) is 5.92 Å². The topological polar surface area (TPSA) is 24.5 Å². The third-order valence-corrected chi connectivity index (χ3v) is 3.68. The lowest BCUT2D eigenvalue weighted by Gasteiger charge is -2.37. The summed E-state index contributed by atoms with van der Waals surface area (Å²) in [6.07, 6.45) is 3.88. The standard InChI is InChI=1S/C13H28N2O/c1-4-13(11-16-3)15-8-6-12(7-9-15)10-14-5-2/h12-14H,4-11H2,1-3H3. The van der Waals surface area contributed by atoms with Crippen molar-refractivity contribution in [1.29, 1.82) is 0 Å². The van der Waals surface area contributed by atoms with Crippen molar-refractivity contribution in [2.75, 3.05) is 39.9 Å². The second kappa shape index (κ2) is 8.04. The predicted octanol–water partition coefficient (Wildman–Crippen LogP) is 1.73. The number of ether oxygens (including phenoxy) is 1. The summed E-state index contributed by atoms with van der Waals surface area (Å²) < 4.78 is 5.29. The van der Waals surface area contributed by atoms with Crippen molar-refractivity contribution in [3.63, 3.8) is 0 Å². The Bertz CT molecular complexity index is 167. The minimum Gasteiger partial charge on any atom is -0.383 e. The fourth-order valence-electron chi connectivity index (χ4n) is 2.54. The number of nitrogens with zero attached hydrogens (tertiary/aromatic N) is 1. The van der Waals surface area contributed by atoms with E-state index in [4.69, 9.17) is 4.74 Å². The van der Waals surface area contributed by atoms with Crippen LogP contribution in [0.2, 0.25) is 0 Å². The molecule has 0 spiro atoms. The number of hydrogen-bond donors (Lipinski definition) is 1. The molecule has 1 fully saturated rings. The van der Waals surface area contributed by atoms with E-state index in [9.17, 15) is 0 Å². The van der Waals surface area contributed by atoms with Crippen LogP contribution in [-0.4, -0.2) is 50.8 Å². The predicted molar refractivity (Wildman–Crippen MR) is 68.8 cm³/mol. The lowest BCUT2D eigenvalue weighted by atomic mass is 9.95. The van der Waals surface area contributed by atoms with Crippen LogP contribution in [0.5, 0.6) is 0 Å². The number of nitrogens with one attached hydrogen (secondary N) is 1. The Hall–Kier alpha value is -0.120. The molecule has 1 aliphatic rings. The zero-order chi connectivity index (χ0) is 11.8. The van der Waals surface area contributed by atoms with Crippen LogP contribution in [0.25, 0.3) is 0 Å². The van der Waals surface area contributed by atoms with Crippen molar-refractivity contribution >= 4 is 0 Å². The second-order valence-corrected chi connectivity index (χ2v) is 4.80. The molecule has 96 valence electrons. The smallest absolute Gasteiger partial charge is 0.0617 e. The van der Waals surface area contributed by atoms with E-state index >= 15 is 0 Å². The molecule has 1 rings (SSSR count). The van der Waals surface area contributed by atoms with Gasteiger partial charge in [0.25, 0.3) is 0 Å². The average Bonchev–Trinajstić information content (AvgIpc) is 2.34. The quantitative estimate of drug-likeness (QED) is 0.718. The monoisotopic (exact) mass is 228 g/mol. The Balaban J connectivity index is 2.24. The second-order valence-electron chi connectivity index (χ2n) is 4.80. The number of piperidine rings is 1. The average molecular weight is 228 g/mol. The third kappa shape index (κ3) is 4.40. The molecule has 0 aromatic rings. The number of rotatable bonds is 7. The lowest BCUT2D eigenvalue weighted by Crippen LogP contribution is -2.44. The van der Waals surface area contributed by atoms with Gasteiger partial charge in [0.15, 0.2) is 0 Å². The van der Waals surface area contributed by atoms with E-state index in [0.29, 0.717) is 6.04 Å². The van der Waals surface area contributed by atoms with Gasteiger partial charge in [0.2, 0.25) is 0 Å². The summed E-state index contributed by atoms with van der Waals surface area (Å²) in [5.41, 5.74) is 0. The Morgan fingerprint density at radius 3 is 2.50 bits per heavy atom. The third-order valence-electron chi connectivity index (χ3n) is 3.68. The summed E-state index contributed by atoms with van der Waals surface area (Å²) in [4.78, 5) is 2.60. The number of likely N-dealkylation sites (tertiary alicyclic amines) is 1. The van der Waals surface area contributed by atoms with Gasteiger partial charge in [-0.2, -0.15) is 0 Å². The molecule has 0 amide bonds. The highest BCUT2D eigenvalue weighted by Gasteiger charge is 2.23. The molecule has 1 aliphatic heterocycles. The van der Waals surface area contributed by atoms with Crippen molar-refractivity contribution < 1.29 is 4.74 Å². The minimum absolute atomic E-state index is 0.630. The molecule has 0 saturated carbocycles. The van der Waals surface area contributed by atoms with Crippen LogP contribution in [0.15, 0.2) is 0 Å². The molecule has 0 aromatic carbocycles. The van der Waals surface area contributed by atoms with E-state index < -0.39 is 0 Å². The zero-order valence-electron chi connectivity index (χ0n) is 11.2. The molecule has 0 aromatic heterocycles. The van der Waals surface area contributed by atoms with Crippen LogP contribution in [0.3, 0.4) is 0 Å². The number of methoxy groups -OCH3 is 1. The van der Waals surface area contributed by atoms with Gasteiger partial charge in [-0.25, -0.2) is 0 Å². The molecule has 3 heteroatoms. The molecular weight excluding hydrogens is 200 g/mol. The SMILES string of the molecule is CCNCC1CCN(C(CC)COC)CC1. The Morgan fingerprint density at radius 2 is 2.00 bits per heavy atom. The first kappa shape index (κ1) is 13.9. The Kier molecular flexibility index (Phi) is 7.01. The molecule has 3 nitrogen and oxygen atoms in total. The van der Waals surface area contributed by atoms with Gasteiger partial charge in [-0.3, -0.25) is 4.90 Å². The molecule has 16 heavy (non-hydrogen) atoms. The first-order valence-electron chi connectivity index (χ1n) is 6.75. The first-order valence-corrected chi connectivity index (χ1v) is 6.75. The van der Waals surface area contributed by atoms with Gasteiger partial charge >= 0.3 is 0 Å². The van der Waals surface area contributed by atoms with E-state index in [2.05, 4.69) is 24.1 Å². The molecule has 1 N–H and O–H groups in total. The van der Waals surface area contributed by atoms with Crippen molar-refractivity contribution in [3.8, 4) is 0 Å². The van der Waals surface area contributed by atoms with Crippen LogP contribution in [-0.2, 0) is 4.74 Å². The highest BCUT2D eigenvalue weighted by atomic mass is 16.5. The van der Waals surface area contributed by atoms with Gasteiger partial charge in [-0.1, -0.05) is 13.8 Å². The summed E-state index contributed by atoms with van der Waals surface area (Å²) in [6, 6.07) is 0.630. The van der Waals surface area contributed by atoms with E-state index in [1.54, 1.807) is 7.11 Å². The molecule has 1 saturated heterocycles. The van der Waals surface area contributed by atoms with Gasteiger partial charge in [-0.05, 0) is 51.4 Å². The lowest BCUT2D eigenvalue weighted by molar-refractivity contribution is 0.0627. The summed E-state index contributed by atoms with van der Waals surface area (Å²) >= 11 is 0. The normalized spacial score (nSPS) is 21.2. The highest BCUT2D eigenvalue weighted by molar-refractivity contribution is 4.78. The van der Waals surface area contributed by atoms with E-state index in [0.717, 1.165) is 19.1 Å². The van der Waals surface area contributed by atoms with Gasteiger partial charge < -0.3 is 10.1 Å². The summed E-state index contributed by atoms with van der Waals surface area (Å²) in [5.74, 6) is 0.885. The molecular formula is C13H28N2O. The minimum atomic E-state index is 0.630. The highest BCUT2D eigenvalue weighted by Crippen LogP contribution is 2.19. The zero-order valence-corrected chi connectivity index (χ0v) is 11.2. The maximum Gasteiger partial charge on any atom is 0.0617 e. The summed E-state index contributed by atoms with van der Waals surface area (Å²) in [5, 5.41) is 3.46. The van der Waals surface area contributed by atoms with Crippen LogP contribution in [0.4, 0.5) is 0 Å². The molecule has 1 heterocycles. The maximum absolute atomic E-state index is 5.29. The fraction of sp³-hybridized carbons (Fsp3) is 1.00. The van der Waals surface area contributed by atoms with E-state index in [1.807, 2.05) is 0 Å². The summed E-state index contributed by atoms with van der Waals surface area (Å²) in [7, 11) is 1.81. The Morgan fingerprint density at radius 1 is 1.31 bits per heavy atom. The molecule has 0 bridgehead atoms. The van der Waals surface area contributed by atoms with Gasteiger partial charge in [0.1, 0.15) is 0 Å². The van der Waals surface area contributed by atoms with Crippen LogP contribution >= 0.6 is 0 Å². The van der Waals surface area contributed by atoms with Crippen molar-refractivity contribution in [1.82, 2.24) is 10.2 Å². The molecule has 0 radical (unpaired) electrons. The van der Waals surface area contributed by atoms with Gasteiger partial charge in [0.05, 0.1) is 6.61 Å². The first-order chi connectivity index (χ1) is 7.81.